The maximum atomic E-state index is 5.92. The second-order valence-electron chi connectivity index (χ2n) is 4.45. The molecule has 0 unspecified atom stereocenters. The molecule has 0 spiro atoms. The molecule has 0 bridgehead atoms. The van der Waals surface area contributed by atoms with E-state index in [1.807, 2.05) is 37.3 Å². The van der Waals surface area contributed by atoms with Crippen LogP contribution in [0.25, 0.3) is 22.5 Å². The third kappa shape index (κ3) is 2.03. The van der Waals surface area contributed by atoms with E-state index in [4.69, 9.17) is 19.4 Å². The van der Waals surface area contributed by atoms with Crippen LogP contribution in [0.3, 0.4) is 0 Å². The molecule has 0 aliphatic rings. The highest BCUT2D eigenvalue weighted by atomic mass is 16.5. The van der Waals surface area contributed by atoms with Crippen molar-refractivity contribution < 1.29 is 13.7 Å². The summed E-state index contributed by atoms with van der Waals surface area (Å²) in [7, 11) is 1.63. The lowest BCUT2D eigenvalue weighted by molar-refractivity contribution is 0.415. The molecule has 3 aromatic rings. The summed E-state index contributed by atoms with van der Waals surface area (Å²) in [5.74, 6) is 2.54. The van der Waals surface area contributed by atoms with E-state index < -0.39 is 0 Å². The zero-order valence-corrected chi connectivity index (χ0v) is 11.2. The molecular formula is C15H14N2O3. The molecule has 0 radical (unpaired) electrons. The number of aryl methyl sites for hydroxylation is 1. The summed E-state index contributed by atoms with van der Waals surface area (Å²) in [6, 6.07) is 9.45. The first-order valence-electron chi connectivity index (χ1n) is 6.14. The monoisotopic (exact) mass is 270 g/mol. The number of methoxy groups -OCH3 is 1. The molecule has 0 atom stereocenters. The van der Waals surface area contributed by atoms with Gasteiger partial charge in [0, 0.05) is 0 Å². The molecule has 2 heterocycles. The molecule has 5 heteroatoms. The number of hydrogen-bond acceptors (Lipinski definition) is 5. The van der Waals surface area contributed by atoms with Gasteiger partial charge in [-0.2, -0.15) is 0 Å². The Hall–Kier alpha value is -2.69. The second-order valence-corrected chi connectivity index (χ2v) is 4.45. The first kappa shape index (κ1) is 12.3. The van der Waals surface area contributed by atoms with E-state index in [0.717, 1.165) is 28.2 Å². The van der Waals surface area contributed by atoms with Gasteiger partial charge in [0.1, 0.15) is 17.8 Å². The molecule has 0 saturated carbocycles. The highest BCUT2D eigenvalue weighted by molar-refractivity contribution is 5.86. The molecule has 0 saturated heterocycles. The molecule has 0 amide bonds. The van der Waals surface area contributed by atoms with E-state index in [1.54, 1.807) is 13.4 Å². The Morgan fingerprint density at radius 3 is 2.50 bits per heavy atom. The SMILES string of the molecule is COc1ccc(-c2c(N)noc2-c2coc(C)c2)cc1. The van der Waals surface area contributed by atoms with E-state index in [-0.39, 0.29) is 0 Å². The Bertz CT molecular complexity index is 726. The van der Waals surface area contributed by atoms with Crippen molar-refractivity contribution in [1.82, 2.24) is 5.16 Å². The molecule has 0 fully saturated rings. The third-order valence-electron chi connectivity index (χ3n) is 3.09. The van der Waals surface area contributed by atoms with E-state index in [2.05, 4.69) is 5.16 Å². The zero-order chi connectivity index (χ0) is 14.1. The van der Waals surface area contributed by atoms with Crippen molar-refractivity contribution in [3.8, 4) is 28.2 Å². The normalized spacial score (nSPS) is 10.7. The Labute approximate surface area is 115 Å². The van der Waals surface area contributed by atoms with Crippen molar-refractivity contribution in [3.05, 3.63) is 42.4 Å². The molecule has 2 N–H and O–H groups in total. The van der Waals surface area contributed by atoms with Crippen molar-refractivity contribution in [2.45, 2.75) is 6.92 Å². The summed E-state index contributed by atoms with van der Waals surface area (Å²) in [4.78, 5) is 0. The van der Waals surface area contributed by atoms with Crippen LogP contribution in [0.4, 0.5) is 5.82 Å². The van der Waals surface area contributed by atoms with E-state index in [1.165, 1.54) is 0 Å². The number of nitrogens with zero attached hydrogens (tertiary/aromatic N) is 1. The van der Waals surface area contributed by atoms with E-state index in [0.29, 0.717) is 11.6 Å². The lowest BCUT2D eigenvalue weighted by Crippen LogP contribution is -1.89. The largest absolute Gasteiger partial charge is 0.497 e. The van der Waals surface area contributed by atoms with Crippen LogP contribution in [0.2, 0.25) is 0 Å². The van der Waals surface area contributed by atoms with Gasteiger partial charge in [0.05, 0.1) is 18.2 Å². The molecule has 2 aromatic heterocycles. The molecule has 0 aliphatic carbocycles. The number of furan rings is 1. The maximum absolute atomic E-state index is 5.92. The van der Waals surface area contributed by atoms with Gasteiger partial charge in [-0.05, 0) is 30.7 Å². The number of benzene rings is 1. The Balaban J connectivity index is 2.10. The van der Waals surface area contributed by atoms with Crippen molar-refractivity contribution in [1.29, 1.82) is 0 Å². The topological polar surface area (TPSA) is 74.4 Å². The maximum Gasteiger partial charge on any atom is 0.180 e. The van der Waals surface area contributed by atoms with E-state index >= 15 is 0 Å². The van der Waals surface area contributed by atoms with Crippen LogP contribution < -0.4 is 10.5 Å². The van der Waals surface area contributed by atoms with Crippen LogP contribution in [-0.4, -0.2) is 12.3 Å². The molecule has 5 nitrogen and oxygen atoms in total. The number of ether oxygens (including phenoxy) is 1. The zero-order valence-electron chi connectivity index (χ0n) is 11.2. The summed E-state index contributed by atoms with van der Waals surface area (Å²) in [6.07, 6.45) is 1.63. The highest BCUT2D eigenvalue weighted by Gasteiger charge is 2.19. The fraction of sp³-hybridized carbons (Fsp3) is 0.133. The average molecular weight is 270 g/mol. The van der Waals surface area contributed by atoms with Gasteiger partial charge in [0.25, 0.3) is 0 Å². The number of anilines is 1. The van der Waals surface area contributed by atoms with Gasteiger partial charge >= 0.3 is 0 Å². The van der Waals surface area contributed by atoms with Crippen molar-refractivity contribution >= 4 is 5.82 Å². The predicted octanol–water partition coefficient (Wildman–Crippen LogP) is 3.50. The van der Waals surface area contributed by atoms with Crippen LogP contribution in [0, 0.1) is 6.92 Å². The summed E-state index contributed by atoms with van der Waals surface area (Å²) in [6.45, 7) is 1.87. The van der Waals surface area contributed by atoms with Crippen LogP contribution in [0.15, 0.2) is 45.5 Å². The smallest absolute Gasteiger partial charge is 0.180 e. The van der Waals surface area contributed by atoms with Gasteiger partial charge in [-0.25, -0.2) is 0 Å². The van der Waals surface area contributed by atoms with E-state index in [9.17, 15) is 0 Å². The minimum Gasteiger partial charge on any atom is -0.497 e. The summed E-state index contributed by atoms with van der Waals surface area (Å²) in [5.41, 5.74) is 8.41. The van der Waals surface area contributed by atoms with Crippen LogP contribution in [0.1, 0.15) is 5.76 Å². The number of nitrogens with two attached hydrogens (primary N) is 1. The van der Waals surface area contributed by atoms with Crippen LogP contribution in [0.5, 0.6) is 5.75 Å². The van der Waals surface area contributed by atoms with Crippen molar-refractivity contribution in [2.24, 2.45) is 0 Å². The number of rotatable bonds is 3. The fourth-order valence-electron chi connectivity index (χ4n) is 2.10. The van der Waals surface area contributed by atoms with Gasteiger partial charge in [-0.15, -0.1) is 0 Å². The van der Waals surface area contributed by atoms with Crippen LogP contribution >= 0.6 is 0 Å². The molecule has 0 aliphatic heterocycles. The van der Waals surface area contributed by atoms with Gasteiger partial charge in [-0.1, -0.05) is 17.3 Å². The molecular weight excluding hydrogens is 256 g/mol. The standard InChI is InChI=1S/C15H14N2O3/c1-9-7-11(8-19-9)14-13(15(16)17-20-14)10-3-5-12(18-2)6-4-10/h3-8H,1-2H3,(H2,16,17). The highest BCUT2D eigenvalue weighted by Crippen LogP contribution is 2.37. The quantitative estimate of drug-likeness (QED) is 0.788. The Morgan fingerprint density at radius 2 is 1.90 bits per heavy atom. The van der Waals surface area contributed by atoms with Gasteiger partial charge in [0.2, 0.25) is 0 Å². The molecule has 20 heavy (non-hydrogen) atoms. The Kier molecular flexibility index (Phi) is 2.95. The number of nitrogen functional groups attached to an aromatic ring is 1. The molecule has 102 valence electrons. The number of aromatic nitrogens is 1. The minimum atomic E-state index is 0.351. The fourth-order valence-corrected chi connectivity index (χ4v) is 2.10. The van der Waals surface area contributed by atoms with Crippen molar-refractivity contribution in [3.63, 3.8) is 0 Å². The van der Waals surface area contributed by atoms with Crippen LogP contribution in [-0.2, 0) is 0 Å². The Morgan fingerprint density at radius 1 is 1.15 bits per heavy atom. The second kappa shape index (κ2) is 4.77. The van der Waals surface area contributed by atoms with Gasteiger partial charge in [0.15, 0.2) is 11.6 Å². The predicted molar refractivity (Wildman–Crippen MR) is 75.3 cm³/mol. The summed E-state index contributed by atoms with van der Waals surface area (Å²) < 4.78 is 15.8. The lowest BCUT2D eigenvalue weighted by atomic mass is 10.0. The summed E-state index contributed by atoms with van der Waals surface area (Å²) in [5, 5.41) is 3.85. The third-order valence-corrected chi connectivity index (χ3v) is 3.09. The van der Waals surface area contributed by atoms with Crippen molar-refractivity contribution in [2.75, 3.05) is 12.8 Å². The first-order valence-corrected chi connectivity index (χ1v) is 6.14. The van der Waals surface area contributed by atoms with Gasteiger partial charge < -0.3 is 19.4 Å². The van der Waals surface area contributed by atoms with Gasteiger partial charge in [-0.3, -0.25) is 0 Å². The molecule has 3 rings (SSSR count). The average Bonchev–Trinajstić information content (AvgIpc) is 3.05. The lowest BCUT2D eigenvalue weighted by Gasteiger charge is -2.03. The first-order chi connectivity index (χ1) is 9.69. The molecule has 1 aromatic carbocycles. The minimum absolute atomic E-state index is 0.351. The summed E-state index contributed by atoms with van der Waals surface area (Å²) >= 11 is 0. The number of hydrogen-bond donors (Lipinski definition) is 1.